The maximum absolute atomic E-state index is 14.7. The zero-order valence-corrected chi connectivity index (χ0v) is 20.0. The lowest BCUT2D eigenvalue weighted by Crippen LogP contribution is -2.30. The highest BCUT2D eigenvalue weighted by atomic mass is 32.1. The molecule has 1 aromatic carbocycles. The highest BCUT2D eigenvalue weighted by molar-refractivity contribution is 7.11. The molecule has 0 bridgehead atoms. The number of rotatable bonds is 10. The molecule has 0 atom stereocenters. The summed E-state index contributed by atoms with van der Waals surface area (Å²) >= 11 is 0.895. The fourth-order valence-corrected chi connectivity index (χ4v) is 4.79. The van der Waals surface area contributed by atoms with E-state index in [1.165, 1.54) is 20.0 Å². The van der Waals surface area contributed by atoms with Gasteiger partial charge in [0.1, 0.15) is 11.6 Å². The number of methoxy groups -OCH3 is 1. The Morgan fingerprint density at radius 1 is 1.26 bits per heavy atom. The van der Waals surface area contributed by atoms with E-state index in [4.69, 9.17) is 14.2 Å². The molecule has 2 aliphatic heterocycles. The molecule has 2 aromatic rings. The smallest absolute Gasteiger partial charge is 0.346 e. The second kappa shape index (κ2) is 11.5. The van der Waals surface area contributed by atoms with Gasteiger partial charge in [-0.25, -0.2) is 14.0 Å². The standard InChI is InChI=1S/C23H29FN4O5S/c1-31-22(29)17-20(33-14-16-7-6-15-8-13-32-19(15)18(16)24)27-34-21(17)26-23(30)25-9-2-3-10-28-11-4-5-12-28/h6-7H,2-5,8-14H2,1H3,(H2,25,26,30). The maximum atomic E-state index is 14.7. The summed E-state index contributed by atoms with van der Waals surface area (Å²) in [5, 5.41) is 5.64. The van der Waals surface area contributed by atoms with E-state index in [2.05, 4.69) is 19.9 Å². The Hall–Kier alpha value is -2.92. The lowest BCUT2D eigenvalue weighted by molar-refractivity contribution is 0.0596. The normalized spacial score (nSPS) is 15.0. The summed E-state index contributed by atoms with van der Waals surface area (Å²) in [6, 6.07) is 2.99. The first-order valence-electron chi connectivity index (χ1n) is 11.5. The second-order valence-electron chi connectivity index (χ2n) is 8.23. The summed E-state index contributed by atoms with van der Waals surface area (Å²) in [6.45, 7) is 4.18. The summed E-state index contributed by atoms with van der Waals surface area (Å²) < 4.78 is 34.6. The van der Waals surface area contributed by atoms with Gasteiger partial charge in [-0.1, -0.05) is 12.1 Å². The number of nitrogens with one attached hydrogen (secondary N) is 2. The fourth-order valence-electron chi connectivity index (χ4n) is 4.07. The Kier molecular flexibility index (Phi) is 8.17. The van der Waals surface area contributed by atoms with Gasteiger partial charge in [-0.2, -0.15) is 4.37 Å². The number of likely N-dealkylation sites (tertiary alicyclic amines) is 1. The van der Waals surface area contributed by atoms with Gasteiger partial charge >= 0.3 is 12.0 Å². The number of amides is 2. The molecule has 2 N–H and O–H groups in total. The van der Waals surface area contributed by atoms with E-state index in [-0.39, 0.29) is 34.4 Å². The van der Waals surface area contributed by atoms with Gasteiger partial charge in [0.2, 0.25) is 5.88 Å². The third kappa shape index (κ3) is 5.76. The molecular formula is C23H29FN4O5S. The Morgan fingerprint density at radius 3 is 2.88 bits per heavy atom. The van der Waals surface area contributed by atoms with Gasteiger partial charge in [-0.3, -0.25) is 5.32 Å². The number of ether oxygens (including phenoxy) is 3. The van der Waals surface area contributed by atoms with Gasteiger partial charge in [0.15, 0.2) is 17.1 Å². The molecule has 2 aliphatic rings. The van der Waals surface area contributed by atoms with Gasteiger partial charge < -0.3 is 24.4 Å². The fraction of sp³-hybridized carbons (Fsp3) is 0.522. The lowest BCUT2D eigenvalue weighted by atomic mass is 10.1. The van der Waals surface area contributed by atoms with Crippen LogP contribution in [0.5, 0.6) is 11.6 Å². The van der Waals surface area contributed by atoms with Crippen LogP contribution >= 0.6 is 11.5 Å². The van der Waals surface area contributed by atoms with E-state index < -0.39 is 17.8 Å². The number of unbranched alkanes of at least 4 members (excludes halogenated alkanes) is 1. The van der Waals surface area contributed by atoms with Crippen molar-refractivity contribution in [2.45, 2.75) is 38.7 Å². The van der Waals surface area contributed by atoms with Crippen molar-refractivity contribution in [3.8, 4) is 11.6 Å². The number of aromatic nitrogens is 1. The van der Waals surface area contributed by atoms with Crippen LogP contribution < -0.4 is 20.1 Å². The summed E-state index contributed by atoms with van der Waals surface area (Å²) in [6.07, 6.45) is 5.07. The number of urea groups is 1. The summed E-state index contributed by atoms with van der Waals surface area (Å²) in [7, 11) is 1.23. The van der Waals surface area contributed by atoms with Crippen LogP contribution in [-0.4, -0.2) is 61.2 Å². The van der Waals surface area contributed by atoms with Crippen LogP contribution in [0, 0.1) is 5.82 Å². The van der Waals surface area contributed by atoms with Crippen LogP contribution in [-0.2, 0) is 17.8 Å². The number of halogens is 1. The molecule has 1 fully saturated rings. The first kappa shape index (κ1) is 24.2. The predicted molar refractivity (Wildman–Crippen MR) is 125 cm³/mol. The van der Waals surface area contributed by atoms with Crippen molar-refractivity contribution in [1.29, 1.82) is 0 Å². The number of hydrogen-bond donors (Lipinski definition) is 2. The number of benzene rings is 1. The molecular weight excluding hydrogens is 463 g/mol. The van der Waals surface area contributed by atoms with E-state index in [1.54, 1.807) is 12.1 Å². The summed E-state index contributed by atoms with van der Waals surface area (Å²) in [4.78, 5) is 27.1. The topological polar surface area (TPSA) is 102 Å². The highest BCUT2D eigenvalue weighted by Crippen LogP contribution is 2.34. The molecule has 4 rings (SSSR count). The van der Waals surface area contributed by atoms with Gasteiger partial charge in [0, 0.05) is 24.1 Å². The van der Waals surface area contributed by atoms with Crippen molar-refractivity contribution in [3.05, 3.63) is 34.6 Å². The molecule has 0 aliphatic carbocycles. The van der Waals surface area contributed by atoms with E-state index >= 15 is 0 Å². The van der Waals surface area contributed by atoms with Crippen molar-refractivity contribution in [2.75, 3.05) is 45.2 Å². The minimum absolute atomic E-state index is 0.00509. The van der Waals surface area contributed by atoms with E-state index in [0.717, 1.165) is 49.6 Å². The first-order valence-corrected chi connectivity index (χ1v) is 12.2. The molecule has 2 amide bonds. The van der Waals surface area contributed by atoms with Crippen molar-refractivity contribution in [1.82, 2.24) is 14.6 Å². The van der Waals surface area contributed by atoms with E-state index in [0.29, 0.717) is 19.6 Å². The molecule has 1 aromatic heterocycles. The number of esters is 1. The van der Waals surface area contributed by atoms with Crippen LogP contribution in [0.15, 0.2) is 12.1 Å². The summed E-state index contributed by atoms with van der Waals surface area (Å²) in [5.41, 5.74) is 1.10. The SMILES string of the molecule is COC(=O)c1c(OCc2ccc3c(c2F)OCC3)nsc1NC(=O)NCCCCN1CCCC1. The van der Waals surface area contributed by atoms with E-state index in [9.17, 15) is 14.0 Å². The number of fused-ring (bicyclic) bond motifs is 1. The van der Waals surface area contributed by atoms with Gasteiger partial charge in [0.25, 0.3) is 0 Å². The monoisotopic (exact) mass is 492 g/mol. The van der Waals surface area contributed by atoms with Crippen molar-refractivity contribution >= 4 is 28.5 Å². The van der Waals surface area contributed by atoms with Gasteiger partial charge in [-0.15, -0.1) is 0 Å². The number of anilines is 1. The quantitative estimate of drug-likeness (QED) is 0.386. The third-order valence-electron chi connectivity index (χ3n) is 5.90. The average molecular weight is 493 g/mol. The van der Waals surface area contributed by atoms with Gasteiger partial charge in [0.05, 0.1) is 13.7 Å². The molecule has 11 heteroatoms. The maximum Gasteiger partial charge on any atom is 0.346 e. The minimum atomic E-state index is -0.706. The minimum Gasteiger partial charge on any atom is -0.490 e. The predicted octanol–water partition coefficient (Wildman–Crippen LogP) is 3.58. The average Bonchev–Trinajstić information content (AvgIpc) is 3.59. The number of nitrogens with zero attached hydrogens (tertiary/aromatic N) is 2. The van der Waals surface area contributed by atoms with Crippen molar-refractivity contribution < 1.29 is 28.2 Å². The van der Waals surface area contributed by atoms with Crippen LogP contribution in [0.3, 0.4) is 0 Å². The lowest BCUT2D eigenvalue weighted by Gasteiger charge is -2.14. The largest absolute Gasteiger partial charge is 0.490 e. The van der Waals surface area contributed by atoms with Crippen LogP contribution in [0.25, 0.3) is 0 Å². The molecule has 3 heterocycles. The second-order valence-corrected chi connectivity index (χ2v) is 9.01. The summed E-state index contributed by atoms with van der Waals surface area (Å²) in [5.74, 6) is -0.972. The molecule has 0 radical (unpaired) electrons. The number of carbonyl (C=O) groups is 2. The van der Waals surface area contributed by atoms with Crippen LogP contribution in [0.4, 0.5) is 14.2 Å². The Bertz CT molecular complexity index is 1030. The molecule has 1 saturated heterocycles. The van der Waals surface area contributed by atoms with Crippen LogP contribution in [0.1, 0.15) is 47.2 Å². The molecule has 0 unspecified atom stereocenters. The Morgan fingerprint density at radius 2 is 2.09 bits per heavy atom. The number of hydrogen-bond acceptors (Lipinski definition) is 8. The molecule has 0 spiro atoms. The molecule has 34 heavy (non-hydrogen) atoms. The highest BCUT2D eigenvalue weighted by Gasteiger charge is 2.26. The third-order valence-corrected chi connectivity index (χ3v) is 6.65. The van der Waals surface area contributed by atoms with Crippen molar-refractivity contribution in [3.63, 3.8) is 0 Å². The zero-order valence-electron chi connectivity index (χ0n) is 19.2. The molecule has 0 saturated carbocycles. The number of carbonyl (C=O) groups excluding carboxylic acids is 2. The van der Waals surface area contributed by atoms with E-state index in [1.807, 2.05) is 0 Å². The zero-order chi connectivity index (χ0) is 23.9. The Balaban J connectivity index is 1.32. The Labute approximate surface area is 201 Å². The van der Waals surface area contributed by atoms with Crippen molar-refractivity contribution in [2.24, 2.45) is 0 Å². The first-order chi connectivity index (χ1) is 16.6. The molecule has 184 valence electrons. The van der Waals surface area contributed by atoms with Gasteiger partial charge in [-0.05, 0) is 56.9 Å². The van der Waals surface area contributed by atoms with Crippen LogP contribution in [0.2, 0.25) is 0 Å². The molecule has 9 nitrogen and oxygen atoms in total.